The van der Waals surface area contributed by atoms with Crippen molar-refractivity contribution in [2.75, 3.05) is 38.5 Å². The maximum Gasteiger partial charge on any atom is 0.244 e. The summed E-state index contributed by atoms with van der Waals surface area (Å²) in [6.45, 7) is 5.61. The lowest BCUT2D eigenvalue weighted by Crippen LogP contribution is -2.31. The lowest BCUT2D eigenvalue weighted by molar-refractivity contribution is 0.342. The number of sulfonamides is 1. The van der Waals surface area contributed by atoms with Crippen LogP contribution in [0.25, 0.3) is 0 Å². The van der Waals surface area contributed by atoms with Gasteiger partial charge in [0.25, 0.3) is 0 Å². The summed E-state index contributed by atoms with van der Waals surface area (Å²) in [5.74, 6) is 0.727. The van der Waals surface area contributed by atoms with E-state index in [1.54, 1.807) is 19.3 Å². The summed E-state index contributed by atoms with van der Waals surface area (Å²) in [7, 11) is -1.90. The molecule has 0 radical (unpaired) electrons. The molecule has 1 aliphatic heterocycles. The molecule has 2 rings (SSSR count). The van der Waals surface area contributed by atoms with Gasteiger partial charge >= 0.3 is 0 Å². The van der Waals surface area contributed by atoms with Gasteiger partial charge in [-0.15, -0.1) is 0 Å². The fourth-order valence-corrected chi connectivity index (χ4v) is 4.27. The number of rotatable bonds is 6. The summed E-state index contributed by atoms with van der Waals surface area (Å²) in [5, 5.41) is 2.81. The third kappa shape index (κ3) is 4.15. The number of nitrogens with one attached hydrogen (secondary N) is 2. The first-order valence-corrected chi connectivity index (χ1v) is 9.29. The van der Waals surface area contributed by atoms with Gasteiger partial charge in [-0.25, -0.2) is 18.1 Å². The summed E-state index contributed by atoms with van der Waals surface area (Å²) in [6.07, 6.45) is 2.60. The maximum atomic E-state index is 12.4. The summed E-state index contributed by atoms with van der Waals surface area (Å²) >= 11 is 3.26. The van der Waals surface area contributed by atoms with E-state index in [4.69, 9.17) is 0 Å². The predicted octanol–water partition coefficient (Wildman–Crippen LogP) is 1.51. The van der Waals surface area contributed by atoms with Crippen LogP contribution in [0.5, 0.6) is 0 Å². The minimum Gasteiger partial charge on any atom is -0.372 e. The summed E-state index contributed by atoms with van der Waals surface area (Å²) in [4.78, 5) is 6.59. The molecule has 0 bridgehead atoms. The highest BCUT2D eigenvalue weighted by Crippen LogP contribution is 2.23. The first-order valence-electron chi connectivity index (χ1n) is 7.01. The monoisotopic (exact) mass is 376 g/mol. The normalized spacial score (nSPS) is 19.9. The third-order valence-electron chi connectivity index (χ3n) is 3.72. The standard InChI is InChI=1S/C13H21BrN4O2S/c1-3-18-5-4-10(9-18)7-17-21(19,20)12-6-11(14)8-16-13(12)15-2/h6,8,10,17H,3-5,7,9H2,1-2H3,(H,15,16). The highest BCUT2D eigenvalue weighted by atomic mass is 79.9. The van der Waals surface area contributed by atoms with Crippen molar-refractivity contribution in [1.82, 2.24) is 14.6 Å². The molecule has 6 nitrogen and oxygen atoms in total. The molecule has 0 aromatic carbocycles. The molecule has 0 spiro atoms. The van der Waals surface area contributed by atoms with Crippen LogP contribution in [0.15, 0.2) is 21.6 Å². The van der Waals surface area contributed by atoms with Gasteiger partial charge in [-0.1, -0.05) is 6.92 Å². The van der Waals surface area contributed by atoms with E-state index >= 15 is 0 Å². The first-order chi connectivity index (χ1) is 9.96. The summed E-state index contributed by atoms with van der Waals surface area (Å²) in [6, 6.07) is 1.56. The smallest absolute Gasteiger partial charge is 0.244 e. The number of hydrogen-bond acceptors (Lipinski definition) is 5. The van der Waals surface area contributed by atoms with E-state index in [0.29, 0.717) is 22.8 Å². The lowest BCUT2D eigenvalue weighted by atomic mass is 10.1. The molecule has 1 fully saturated rings. The Labute approximate surface area is 134 Å². The van der Waals surface area contributed by atoms with Gasteiger partial charge in [-0.3, -0.25) is 0 Å². The van der Waals surface area contributed by atoms with Gasteiger partial charge in [0.2, 0.25) is 10.0 Å². The number of aromatic nitrogens is 1. The Hall–Kier alpha value is -0.700. The molecule has 118 valence electrons. The van der Waals surface area contributed by atoms with Crippen LogP contribution in [-0.4, -0.2) is 51.5 Å². The summed E-state index contributed by atoms with van der Waals surface area (Å²) in [5.41, 5.74) is 0. The van der Waals surface area contributed by atoms with E-state index in [0.717, 1.165) is 26.1 Å². The van der Waals surface area contributed by atoms with E-state index in [9.17, 15) is 8.42 Å². The molecule has 1 saturated heterocycles. The zero-order chi connectivity index (χ0) is 15.5. The Kier molecular flexibility index (Phi) is 5.59. The second kappa shape index (κ2) is 7.04. The number of likely N-dealkylation sites (tertiary alicyclic amines) is 1. The fourth-order valence-electron chi connectivity index (χ4n) is 2.49. The quantitative estimate of drug-likeness (QED) is 0.786. The molecule has 21 heavy (non-hydrogen) atoms. The maximum absolute atomic E-state index is 12.4. The van der Waals surface area contributed by atoms with E-state index < -0.39 is 10.0 Å². The number of hydrogen-bond donors (Lipinski definition) is 2. The van der Waals surface area contributed by atoms with Crippen LogP contribution in [0.1, 0.15) is 13.3 Å². The topological polar surface area (TPSA) is 74.3 Å². The first kappa shape index (κ1) is 16.7. The summed E-state index contributed by atoms with van der Waals surface area (Å²) < 4.78 is 28.2. The fraction of sp³-hybridized carbons (Fsp3) is 0.615. The van der Waals surface area contributed by atoms with Crippen LogP contribution in [0.2, 0.25) is 0 Å². The molecule has 1 atom stereocenters. The molecule has 0 saturated carbocycles. The van der Waals surface area contributed by atoms with Crippen LogP contribution < -0.4 is 10.0 Å². The Morgan fingerprint density at radius 3 is 2.90 bits per heavy atom. The molecule has 0 amide bonds. The largest absolute Gasteiger partial charge is 0.372 e. The third-order valence-corrected chi connectivity index (χ3v) is 5.60. The van der Waals surface area contributed by atoms with Crippen molar-refractivity contribution < 1.29 is 8.42 Å². The Balaban J connectivity index is 2.07. The highest BCUT2D eigenvalue weighted by Gasteiger charge is 2.25. The molecule has 1 aromatic rings. The zero-order valence-corrected chi connectivity index (χ0v) is 14.7. The predicted molar refractivity (Wildman–Crippen MR) is 86.9 cm³/mol. The minimum atomic E-state index is -3.56. The Morgan fingerprint density at radius 2 is 2.29 bits per heavy atom. The van der Waals surface area contributed by atoms with E-state index in [1.165, 1.54) is 0 Å². The van der Waals surface area contributed by atoms with Gasteiger partial charge in [-0.2, -0.15) is 0 Å². The van der Waals surface area contributed by atoms with Crippen molar-refractivity contribution in [3.8, 4) is 0 Å². The second-order valence-corrected chi connectivity index (χ2v) is 7.80. The van der Waals surface area contributed by atoms with Gasteiger partial charge in [0, 0.05) is 30.8 Å². The average Bonchev–Trinajstić information content (AvgIpc) is 2.93. The lowest BCUT2D eigenvalue weighted by Gasteiger charge is -2.15. The number of nitrogens with zero attached hydrogens (tertiary/aromatic N) is 2. The van der Waals surface area contributed by atoms with Crippen LogP contribution >= 0.6 is 15.9 Å². The average molecular weight is 377 g/mol. The number of halogens is 1. The zero-order valence-electron chi connectivity index (χ0n) is 12.3. The Morgan fingerprint density at radius 1 is 1.52 bits per heavy atom. The Bertz CT molecular complexity index is 594. The molecule has 1 aromatic heterocycles. The number of pyridine rings is 1. The van der Waals surface area contributed by atoms with Gasteiger partial charge in [0.05, 0.1) is 0 Å². The van der Waals surface area contributed by atoms with Crippen molar-refractivity contribution >= 4 is 31.8 Å². The molecule has 1 aliphatic rings. The van der Waals surface area contributed by atoms with Crippen molar-refractivity contribution in [1.29, 1.82) is 0 Å². The van der Waals surface area contributed by atoms with Crippen LogP contribution in [0.3, 0.4) is 0 Å². The molecule has 8 heteroatoms. The molecular weight excluding hydrogens is 356 g/mol. The molecule has 2 heterocycles. The second-order valence-electron chi connectivity index (χ2n) is 5.15. The molecule has 0 aliphatic carbocycles. The molecular formula is C13H21BrN4O2S. The van der Waals surface area contributed by atoms with Crippen LogP contribution in [-0.2, 0) is 10.0 Å². The van der Waals surface area contributed by atoms with Crippen LogP contribution in [0.4, 0.5) is 5.82 Å². The van der Waals surface area contributed by atoms with Crippen molar-refractivity contribution in [2.45, 2.75) is 18.2 Å². The van der Waals surface area contributed by atoms with E-state index in [2.05, 4.69) is 42.8 Å². The van der Waals surface area contributed by atoms with Gasteiger partial charge in [-0.05, 0) is 47.4 Å². The van der Waals surface area contributed by atoms with Crippen LogP contribution in [0, 0.1) is 5.92 Å². The van der Waals surface area contributed by atoms with E-state index in [1.807, 2.05) is 0 Å². The van der Waals surface area contributed by atoms with E-state index in [-0.39, 0.29) is 4.90 Å². The minimum absolute atomic E-state index is 0.171. The van der Waals surface area contributed by atoms with Crippen molar-refractivity contribution in [2.24, 2.45) is 5.92 Å². The SMILES string of the molecule is CCN1CCC(CNS(=O)(=O)c2cc(Br)cnc2NC)C1. The molecule has 2 N–H and O–H groups in total. The van der Waals surface area contributed by atoms with Gasteiger partial charge < -0.3 is 10.2 Å². The van der Waals surface area contributed by atoms with Crippen molar-refractivity contribution in [3.05, 3.63) is 16.7 Å². The molecule has 1 unspecified atom stereocenters. The highest BCUT2D eigenvalue weighted by molar-refractivity contribution is 9.10. The van der Waals surface area contributed by atoms with Gasteiger partial charge in [0.15, 0.2) is 0 Å². The number of anilines is 1. The van der Waals surface area contributed by atoms with Gasteiger partial charge in [0.1, 0.15) is 10.7 Å². The van der Waals surface area contributed by atoms with Crippen molar-refractivity contribution in [3.63, 3.8) is 0 Å².